The minimum atomic E-state index is -1.14. The monoisotopic (exact) mass is 460 g/mol. The lowest BCUT2D eigenvalue weighted by molar-refractivity contribution is -0.139. The predicted octanol–water partition coefficient (Wildman–Crippen LogP) is 4.74. The van der Waals surface area contributed by atoms with Gasteiger partial charge in [0, 0.05) is 11.3 Å². The zero-order valence-corrected chi connectivity index (χ0v) is 18.0. The molecule has 0 aliphatic rings. The Bertz CT molecular complexity index is 1090. The molecule has 9 heteroatoms. The Hall–Kier alpha value is -3.47. The second kappa shape index (κ2) is 11.1. The highest BCUT2D eigenvalue weighted by Crippen LogP contribution is 2.34. The Morgan fingerprint density at radius 1 is 1.26 bits per heavy atom. The number of allylic oxidation sites excluding steroid dienone is 1. The molecule has 0 aromatic heterocycles. The standard InChI is InChI=1S/C22H18Cl2N2O5/c1-3-4-14-7-13(9-19(30-2)21(14)31-12-20(27)28)8-15(11-25)22(29)26-16-5-6-17(23)18(24)10-16/h3,5-10H,1,4,12H2,2H3,(H,26,29)(H,27,28)/b15-8-. The average molecular weight is 461 g/mol. The molecule has 0 fully saturated rings. The van der Waals surface area contributed by atoms with E-state index in [1.165, 1.54) is 31.4 Å². The summed E-state index contributed by atoms with van der Waals surface area (Å²) in [6.07, 6.45) is 3.34. The topological polar surface area (TPSA) is 109 Å². The van der Waals surface area contributed by atoms with E-state index in [4.69, 9.17) is 37.8 Å². The second-order valence-electron chi connectivity index (χ2n) is 6.14. The van der Waals surface area contributed by atoms with E-state index in [0.717, 1.165) is 0 Å². The molecule has 0 bridgehead atoms. The van der Waals surface area contributed by atoms with Gasteiger partial charge in [0.25, 0.3) is 5.91 Å². The van der Waals surface area contributed by atoms with E-state index in [0.29, 0.717) is 28.3 Å². The highest BCUT2D eigenvalue weighted by atomic mass is 35.5. The number of carbonyl (C=O) groups excluding carboxylic acids is 1. The quantitative estimate of drug-likeness (QED) is 0.317. The van der Waals surface area contributed by atoms with Crippen LogP contribution in [0, 0.1) is 11.3 Å². The molecule has 0 spiro atoms. The van der Waals surface area contributed by atoms with E-state index in [1.54, 1.807) is 18.2 Å². The van der Waals surface area contributed by atoms with Crippen LogP contribution in [-0.4, -0.2) is 30.7 Å². The number of amides is 1. The Morgan fingerprint density at radius 2 is 2.00 bits per heavy atom. The molecular weight excluding hydrogens is 443 g/mol. The van der Waals surface area contributed by atoms with Crippen molar-refractivity contribution < 1.29 is 24.2 Å². The number of hydrogen-bond acceptors (Lipinski definition) is 5. The summed E-state index contributed by atoms with van der Waals surface area (Å²) in [5.74, 6) is -1.27. The third-order valence-electron chi connectivity index (χ3n) is 3.93. The summed E-state index contributed by atoms with van der Waals surface area (Å²) in [7, 11) is 1.40. The van der Waals surface area contributed by atoms with Crippen LogP contribution in [0.4, 0.5) is 5.69 Å². The van der Waals surface area contributed by atoms with Crippen molar-refractivity contribution in [2.45, 2.75) is 6.42 Å². The molecule has 0 saturated heterocycles. The number of rotatable bonds is 9. The number of nitriles is 1. The zero-order valence-electron chi connectivity index (χ0n) is 16.4. The average Bonchev–Trinajstić information content (AvgIpc) is 2.73. The number of benzene rings is 2. The van der Waals surface area contributed by atoms with Gasteiger partial charge < -0.3 is 19.9 Å². The maximum absolute atomic E-state index is 12.5. The number of nitrogens with zero attached hydrogens (tertiary/aromatic N) is 1. The van der Waals surface area contributed by atoms with E-state index in [9.17, 15) is 14.9 Å². The first-order valence-corrected chi connectivity index (χ1v) is 9.59. The van der Waals surface area contributed by atoms with Crippen LogP contribution in [0.2, 0.25) is 10.0 Å². The summed E-state index contributed by atoms with van der Waals surface area (Å²) in [6, 6.07) is 9.60. The molecule has 0 heterocycles. The molecule has 2 rings (SSSR count). The lowest BCUT2D eigenvalue weighted by Gasteiger charge is -2.15. The van der Waals surface area contributed by atoms with Crippen LogP contribution in [0.1, 0.15) is 11.1 Å². The maximum Gasteiger partial charge on any atom is 0.341 e. The number of halogens is 2. The van der Waals surface area contributed by atoms with Gasteiger partial charge in [0.05, 0.1) is 17.2 Å². The largest absolute Gasteiger partial charge is 0.493 e. The molecule has 1 amide bonds. The van der Waals surface area contributed by atoms with Gasteiger partial charge in [-0.1, -0.05) is 29.3 Å². The molecule has 0 atom stereocenters. The summed E-state index contributed by atoms with van der Waals surface area (Å²) in [4.78, 5) is 23.4. The fourth-order valence-corrected chi connectivity index (χ4v) is 2.91. The first-order chi connectivity index (χ1) is 14.8. The summed E-state index contributed by atoms with van der Waals surface area (Å²) >= 11 is 11.8. The van der Waals surface area contributed by atoms with E-state index in [1.807, 2.05) is 6.07 Å². The van der Waals surface area contributed by atoms with Crippen molar-refractivity contribution in [3.8, 4) is 17.6 Å². The zero-order chi connectivity index (χ0) is 23.0. The van der Waals surface area contributed by atoms with Crippen molar-refractivity contribution >= 4 is 46.8 Å². The first-order valence-electron chi connectivity index (χ1n) is 8.83. The van der Waals surface area contributed by atoms with Gasteiger partial charge in [0.2, 0.25) is 0 Å². The third kappa shape index (κ3) is 6.51. The van der Waals surface area contributed by atoms with Crippen LogP contribution >= 0.6 is 23.2 Å². The molecule has 31 heavy (non-hydrogen) atoms. The number of anilines is 1. The highest BCUT2D eigenvalue weighted by molar-refractivity contribution is 6.42. The van der Waals surface area contributed by atoms with Crippen molar-refractivity contribution in [1.29, 1.82) is 5.26 Å². The summed E-state index contributed by atoms with van der Waals surface area (Å²) in [5.41, 5.74) is 1.28. The van der Waals surface area contributed by atoms with Crippen LogP contribution < -0.4 is 14.8 Å². The number of carboxylic acids is 1. The maximum atomic E-state index is 12.5. The van der Waals surface area contributed by atoms with Gasteiger partial charge in [0.1, 0.15) is 11.6 Å². The minimum absolute atomic E-state index is 0.170. The molecule has 0 radical (unpaired) electrons. The van der Waals surface area contributed by atoms with E-state index in [-0.39, 0.29) is 22.1 Å². The SMILES string of the molecule is C=CCc1cc(/C=C(/C#N)C(=O)Nc2ccc(Cl)c(Cl)c2)cc(OC)c1OCC(=O)O. The molecule has 160 valence electrons. The smallest absolute Gasteiger partial charge is 0.341 e. The van der Waals surface area contributed by atoms with E-state index < -0.39 is 18.5 Å². The van der Waals surface area contributed by atoms with Gasteiger partial charge in [0.15, 0.2) is 18.1 Å². The number of nitrogens with one attached hydrogen (secondary N) is 1. The predicted molar refractivity (Wildman–Crippen MR) is 119 cm³/mol. The summed E-state index contributed by atoms with van der Waals surface area (Å²) < 4.78 is 10.7. The van der Waals surface area contributed by atoms with Crippen LogP contribution in [0.5, 0.6) is 11.5 Å². The summed E-state index contributed by atoms with van der Waals surface area (Å²) in [6.45, 7) is 3.13. The summed E-state index contributed by atoms with van der Waals surface area (Å²) in [5, 5.41) is 21.5. The molecule has 2 N–H and O–H groups in total. The highest BCUT2D eigenvalue weighted by Gasteiger charge is 2.16. The number of aliphatic carboxylic acids is 1. The van der Waals surface area contributed by atoms with Gasteiger partial charge in [-0.3, -0.25) is 4.79 Å². The van der Waals surface area contributed by atoms with Crippen molar-refractivity contribution in [3.63, 3.8) is 0 Å². The first kappa shape index (κ1) is 23.8. The number of carboxylic acid groups (broad SMARTS) is 1. The molecule has 7 nitrogen and oxygen atoms in total. The minimum Gasteiger partial charge on any atom is -0.493 e. The molecule has 0 saturated carbocycles. The fraction of sp³-hybridized carbons (Fsp3) is 0.136. The molecule has 2 aromatic rings. The molecule has 0 aliphatic carbocycles. The van der Waals surface area contributed by atoms with Crippen LogP contribution in [0.3, 0.4) is 0 Å². The molecular formula is C22H18Cl2N2O5. The van der Waals surface area contributed by atoms with Crippen LogP contribution in [0.15, 0.2) is 48.6 Å². The Kier molecular flexibility index (Phi) is 8.50. The Balaban J connectivity index is 2.39. The van der Waals surface area contributed by atoms with E-state index in [2.05, 4.69) is 11.9 Å². The lowest BCUT2D eigenvalue weighted by atomic mass is 10.0. The van der Waals surface area contributed by atoms with E-state index >= 15 is 0 Å². The van der Waals surface area contributed by atoms with Gasteiger partial charge in [-0.2, -0.15) is 5.26 Å². The molecule has 0 unspecified atom stereocenters. The van der Waals surface area contributed by atoms with Gasteiger partial charge in [-0.05, 0) is 48.4 Å². The Morgan fingerprint density at radius 3 is 2.58 bits per heavy atom. The fourth-order valence-electron chi connectivity index (χ4n) is 2.61. The van der Waals surface area contributed by atoms with Crippen molar-refractivity contribution in [2.24, 2.45) is 0 Å². The van der Waals surface area contributed by atoms with Gasteiger partial charge in [-0.15, -0.1) is 6.58 Å². The molecule has 2 aromatic carbocycles. The van der Waals surface area contributed by atoms with Crippen molar-refractivity contribution in [3.05, 3.63) is 69.7 Å². The number of methoxy groups -OCH3 is 1. The second-order valence-corrected chi connectivity index (χ2v) is 6.95. The lowest BCUT2D eigenvalue weighted by Crippen LogP contribution is -2.13. The van der Waals surface area contributed by atoms with Crippen LogP contribution in [-0.2, 0) is 16.0 Å². The number of hydrogen-bond donors (Lipinski definition) is 2. The Labute approximate surface area is 189 Å². The van der Waals surface area contributed by atoms with Gasteiger partial charge in [-0.25, -0.2) is 4.79 Å². The molecule has 0 aliphatic heterocycles. The normalized spacial score (nSPS) is 10.7. The third-order valence-corrected chi connectivity index (χ3v) is 4.67. The van der Waals surface area contributed by atoms with Crippen molar-refractivity contribution in [1.82, 2.24) is 0 Å². The number of ether oxygens (including phenoxy) is 2. The van der Waals surface area contributed by atoms with Gasteiger partial charge >= 0.3 is 5.97 Å². The van der Waals surface area contributed by atoms with Crippen molar-refractivity contribution in [2.75, 3.05) is 19.0 Å². The van der Waals surface area contributed by atoms with Crippen LogP contribution in [0.25, 0.3) is 6.08 Å². The number of carbonyl (C=O) groups is 2.